The number of nitrogens with zero attached hydrogens (tertiary/aromatic N) is 3. The predicted octanol–water partition coefficient (Wildman–Crippen LogP) is 3.00. The number of hydrogen-bond donors (Lipinski definition) is 1. The van der Waals surface area contributed by atoms with E-state index >= 15 is 0 Å². The summed E-state index contributed by atoms with van der Waals surface area (Å²) in [4.78, 5) is 22.1. The number of amides is 2. The number of nitrogens with one attached hydrogen (secondary N) is 1. The predicted molar refractivity (Wildman–Crippen MR) is 93.8 cm³/mol. The lowest BCUT2D eigenvalue weighted by Gasteiger charge is -2.28. The molecule has 1 aliphatic heterocycles. The van der Waals surface area contributed by atoms with Crippen molar-refractivity contribution in [2.45, 2.75) is 33.0 Å². The Bertz CT molecular complexity index is 699. The molecule has 1 aliphatic rings. The molecule has 122 valence electrons. The van der Waals surface area contributed by atoms with Gasteiger partial charge in [-0.15, -0.1) is 11.3 Å². The first kappa shape index (κ1) is 15.8. The Hall–Kier alpha value is -2.08. The zero-order valence-electron chi connectivity index (χ0n) is 13.7. The summed E-state index contributed by atoms with van der Waals surface area (Å²) in [6.07, 6.45) is 1.83. The fraction of sp³-hybridized carbons (Fsp3) is 0.412. The number of aromatic nitrogens is 1. The molecule has 3 rings (SSSR count). The van der Waals surface area contributed by atoms with E-state index in [0.717, 1.165) is 16.4 Å². The minimum absolute atomic E-state index is 0.0198. The zero-order chi connectivity index (χ0) is 16.4. The fourth-order valence-electron chi connectivity index (χ4n) is 2.97. The van der Waals surface area contributed by atoms with E-state index in [4.69, 9.17) is 0 Å². The number of hydrogen-bond acceptors (Lipinski definition) is 4. The number of fused-ring (bicyclic) bond motifs is 1. The largest absolute Gasteiger partial charge is 0.372 e. The molecule has 2 aromatic rings. The maximum absolute atomic E-state index is 12.6. The van der Waals surface area contributed by atoms with Crippen LogP contribution in [-0.4, -0.2) is 35.5 Å². The molecule has 0 saturated heterocycles. The van der Waals surface area contributed by atoms with Crippen LogP contribution in [0.15, 0.2) is 30.5 Å². The summed E-state index contributed by atoms with van der Waals surface area (Å²) in [5, 5.41) is 4.05. The van der Waals surface area contributed by atoms with E-state index in [9.17, 15) is 4.79 Å². The van der Waals surface area contributed by atoms with E-state index in [1.807, 2.05) is 30.2 Å². The van der Waals surface area contributed by atoms with Crippen LogP contribution in [0.5, 0.6) is 0 Å². The monoisotopic (exact) mass is 330 g/mol. The van der Waals surface area contributed by atoms with Gasteiger partial charge in [0.2, 0.25) is 0 Å². The van der Waals surface area contributed by atoms with Gasteiger partial charge in [0, 0.05) is 42.9 Å². The van der Waals surface area contributed by atoms with Crippen LogP contribution < -0.4 is 10.2 Å². The molecular weight excluding hydrogens is 308 g/mol. The van der Waals surface area contributed by atoms with E-state index in [1.54, 1.807) is 11.3 Å². The van der Waals surface area contributed by atoms with Gasteiger partial charge in [0.1, 0.15) is 0 Å². The molecule has 1 N–H and O–H groups in total. The molecule has 0 radical (unpaired) electrons. The molecule has 0 spiro atoms. The smallest absolute Gasteiger partial charge is 0.318 e. The molecule has 0 bridgehead atoms. The lowest BCUT2D eigenvalue weighted by Crippen LogP contribution is -2.46. The molecule has 23 heavy (non-hydrogen) atoms. The Labute approximate surface area is 140 Å². The Morgan fingerprint density at radius 3 is 2.96 bits per heavy atom. The zero-order valence-corrected chi connectivity index (χ0v) is 14.6. The summed E-state index contributed by atoms with van der Waals surface area (Å²) < 4.78 is 0. The van der Waals surface area contributed by atoms with Crippen molar-refractivity contribution < 1.29 is 4.79 Å². The summed E-state index contributed by atoms with van der Waals surface area (Å²) in [5.74, 6) is 0. The average molecular weight is 330 g/mol. The number of para-hydroxylation sites is 1. The molecule has 0 aliphatic carbocycles. The van der Waals surface area contributed by atoms with Crippen molar-refractivity contribution in [3.05, 3.63) is 45.9 Å². The molecule has 5 nitrogen and oxygen atoms in total. The van der Waals surface area contributed by atoms with Crippen molar-refractivity contribution in [3.8, 4) is 0 Å². The third-order valence-corrected chi connectivity index (χ3v) is 5.07. The van der Waals surface area contributed by atoms with Gasteiger partial charge in [-0.1, -0.05) is 18.2 Å². The van der Waals surface area contributed by atoms with Crippen LogP contribution in [0, 0.1) is 6.92 Å². The molecule has 0 fully saturated rings. The summed E-state index contributed by atoms with van der Waals surface area (Å²) >= 11 is 1.62. The molecule has 1 aromatic carbocycles. The van der Waals surface area contributed by atoms with E-state index in [2.05, 4.69) is 41.3 Å². The van der Waals surface area contributed by atoms with Gasteiger partial charge in [-0.25, -0.2) is 9.78 Å². The van der Waals surface area contributed by atoms with Gasteiger partial charge in [0.25, 0.3) is 0 Å². The summed E-state index contributed by atoms with van der Waals surface area (Å²) in [5.41, 5.74) is 2.39. The molecule has 2 amide bonds. The van der Waals surface area contributed by atoms with E-state index < -0.39 is 0 Å². The second kappa shape index (κ2) is 6.58. The molecule has 1 atom stereocenters. The molecule has 0 saturated carbocycles. The fourth-order valence-corrected chi connectivity index (χ4v) is 3.71. The van der Waals surface area contributed by atoms with Crippen molar-refractivity contribution in [1.82, 2.24) is 15.2 Å². The highest BCUT2D eigenvalue weighted by Gasteiger charge is 2.26. The SMILES string of the molecule is Cc1ncc(CNC(=O)N2Cc3ccccc3N(C)C[C@@H]2C)s1. The maximum Gasteiger partial charge on any atom is 0.318 e. The Morgan fingerprint density at radius 2 is 2.22 bits per heavy atom. The van der Waals surface area contributed by atoms with Crippen LogP contribution in [0.3, 0.4) is 0 Å². The third-order valence-electron chi connectivity index (χ3n) is 4.16. The first-order valence-corrected chi connectivity index (χ1v) is 8.61. The molecule has 0 unspecified atom stereocenters. The van der Waals surface area contributed by atoms with Gasteiger partial charge in [-0.2, -0.15) is 0 Å². The van der Waals surface area contributed by atoms with Crippen LogP contribution in [0.25, 0.3) is 0 Å². The number of anilines is 1. The van der Waals surface area contributed by atoms with E-state index in [0.29, 0.717) is 13.1 Å². The number of urea groups is 1. The number of carbonyl (C=O) groups excluding carboxylic acids is 1. The van der Waals surface area contributed by atoms with Crippen molar-refractivity contribution in [1.29, 1.82) is 0 Å². The first-order valence-electron chi connectivity index (χ1n) is 7.79. The molecule has 6 heteroatoms. The average Bonchev–Trinajstić information content (AvgIpc) is 2.90. The number of benzene rings is 1. The Morgan fingerprint density at radius 1 is 1.43 bits per heavy atom. The second-order valence-electron chi connectivity index (χ2n) is 5.99. The molecule has 1 aromatic heterocycles. The van der Waals surface area contributed by atoms with Gasteiger partial charge in [0.15, 0.2) is 0 Å². The van der Waals surface area contributed by atoms with Crippen molar-refractivity contribution in [3.63, 3.8) is 0 Å². The van der Waals surface area contributed by atoms with Crippen molar-refractivity contribution in [2.75, 3.05) is 18.5 Å². The number of thiazole rings is 1. The first-order chi connectivity index (χ1) is 11.0. The van der Waals surface area contributed by atoms with Gasteiger partial charge in [-0.05, 0) is 25.5 Å². The van der Waals surface area contributed by atoms with Crippen LogP contribution in [0.4, 0.5) is 10.5 Å². The third kappa shape index (κ3) is 3.47. The highest BCUT2D eigenvalue weighted by Crippen LogP contribution is 2.26. The second-order valence-corrected chi connectivity index (χ2v) is 7.31. The highest BCUT2D eigenvalue weighted by molar-refractivity contribution is 7.11. The van der Waals surface area contributed by atoms with E-state index in [-0.39, 0.29) is 12.1 Å². The van der Waals surface area contributed by atoms with Gasteiger partial charge >= 0.3 is 6.03 Å². The van der Waals surface area contributed by atoms with Gasteiger partial charge in [-0.3, -0.25) is 0 Å². The minimum Gasteiger partial charge on any atom is -0.372 e. The Kier molecular flexibility index (Phi) is 4.52. The number of carbonyl (C=O) groups is 1. The molecular formula is C17H22N4OS. The highest BCUT2D eigenvalue weighted by atomic mass is 32.1. The summed E-state index contributed by atoms with van der Waals surface area (Å²) in [6.45, 7) is 6.06. The standard InChI is InChI=1S/C17H22N4OS/c1-12-10-20(3)16-7-5-4-6-14(16)11-21(12)17(22)19-9-15-8-18-13(2)23-15/h4-8,12H,9-11H2,1-3H3,(H,19,22)/t12-/m0/s1. The summed E-state index contributed by atoms with van der Waals surface area (Å²) in [6, 6.07) is 8.41. The van der Waals surface area contributed by atoms with E-state index in [1.165, 1.54) is 11.3 Å². The Balaban J connectivity index is 1.72. The van der Waals surface area contributed by atoms with Crippen LogP contribution in [0.2, 0.25) is 0 Å². The van der Waals surface area contributed by atoms with Crippen molar-refractivity contribution >= 4 is 23.1 Å². The van der Waals surface area contributed by atoms with Crippen LogP contribution >= 0.6 is 11.3 Å². The normalized spacial score (nSPS) is 17.6. The van der Waals surface area contributed by atoms with Crippen molar-refractivity contribution in [2.24, 2.45) is 0 Å². The number of aryl methyl sites for hydroxylation is 1. The number of likely N-dealkylation sites (N-methyl/N-ethyl adjacent to an activating group) is 1. The number of rotatable bonds is 2. The maximum atomic E-state index is 12.6. The van der Waals surface area contributed by atoms with Crippen LogP contribution in [-0.2, 0) is 13.1 Å². The lowest BCUT2D eigenvalue weighted by atomic mass is 10.1. The summed E-state index contributed by atoms with van der Waals surface area (Å²) in [7, 11) is 2.08. The quantitative estimate of drug-likeness (QED) is 0.921. The topological polar surface area (TPSA) is 48.5 Å². The van der Waals surface area contributed by atoms with Crippen LogP contribution in [0.1, 0.15) is 22.4 Å². The van der Waals surface area contributed by atoms with Gasteiger partial charge < -0.3 is 15.1 Å². The van der Waals surface area contributed by atoms with Gasteiger partial charge in [0.05, 0.1) is 11.6 Å². The molecule has 2 heterocycles. The lowest BCUT2D eigenvalue weighted by molar-refractivity contribution is 0.178. The minimum atomic E-state index is -0.0198.